The van der Waals surface area contributed by atoms with E-state index in [1.54, 1.807) is 21.0 Å². The van der Waals surface area contributed by atoms with E-state index in [-0.39, 0.29) is 12.5 Å². The number of likely N-dealkylation sites (N-methyl/N-ethyl adjacent to an activating group) is 1. The number of carboxylic acid groups (broad SMARTS) is 1. The first kappa shape index (κ1) is 16.2. The van der Waals surface area contributed by atoms with Gasteiger partial charge in [0.05, 0.1) is 5.92 Å². The van der Waals surface area contributed by atoms with Crippen molar-refractivity contribution < 1.29 is 19.5 Å². The van der Waals surface area contributed by atoms with Crippen molar-refractivity contribution in [2.45, 2.75) is 19.9 Å². The van der Waals surface area contributed by atoms with Gasteiger partial charge in [-0.2, -0.15) is 0 Å². The van der Waals surface area contributed by atoms with Gasteiger partial charge in [-0.1, -0.05) is 6.92 Å². The summed E-state index contributed by atoms with van der Waals surface area (Å²) >= 11 is 0. The predicted octanol–water partition coefficient (Wildman–Crippen LogP) is -0.175. The van der Waals surface area contributed by atoms with Crippen LogP contribution >= 0.6 is 0 Å². The minimum atomic E-state index is -0.966. The molecule has 3 amide bonds. The molecule has 0 aliphatic rings. The second-order valence-corrected chi connectivity index (χ2v) is 4.52. The fraction of sp³-hybridized carbons (Fsp3) is 0.727. The van der Waals surface area contributed by atoms with Crippen LogP contribution in [0.3, 0.4) is 0 Å². The minimum absolute atomic E-state index is 0.0873. The Kier molecular flexibility index (Phi) is 6.15. The Balaban J connectivity index is 4.32. The van der Waals surface area contributed by atoms with E-state index >= 15 is 0 Å². The van der Waals surface area contributed by atoms with Crippen LogP contribution in [-0.2, 0) is 9.59 Å². The first-order valence-corrected chi connectivity index (χ1v) is 5.62. The normalized spacial score (nSPS) is 13.4. The van der Waals surface area contributed by atoms with Crippen LogP contribution in [0.15, 0.2) is 0 Å². The standard InChI is InChI=1S/C11H21N3O4/c1-7(10(16)17)6-14(5)11(18)12-8(2)9(15)13(3)4/h7-8H,6H2,1-5H3,(H,12,18)(H,16,17). The molecule has 0 aromatic heterocycles. The van der Waals surface area contributed by atoms with Crippen molar-refractivity contribution in [1.82, 2.24) is 15.1 Å². The number of carbonyl (C=O) groups is 3. The van der Waals surface area contributed by atoms with Crippen molar-refractivity contribution in [2.24, 2.45) is 5.92 Å². The Labute approximate surface area is 107 Å². The fourth-order valence-corrected chi connectivity index (χ4v) is 1.32. The molecule has 7 heteroatoms. The summed E-state index contributed by atoms with van der Waals surface area (Å²) in [4.78, 5) is 36.5. The molecule has 0 bridgehead atoms. The number of rotatable bonds is 5. The molecule has 0 spiro atoms. The van der Waals surface area contributed by atoms with E-state index in [9.17, 15) is 14.4 Å². The average molecular weight is 259 g/mol. The lowest BCUT2D eigenvalue weighted by molar-refractivity contribution is -0.141. The Morgan fingerprint density at radius 2 is 1.67 bits per heavy atom. The predicted molar refractivity (Wildman–Crippen MR) is 66.1 cm³/mol. The monoisotopic (exact) mass is 259 g/mol. The topological polar surface area (TPSA) is 90.0 Å². The van der Waals surface area contributed by atoms with Crippen molar-refractivity contribution >= 4 is 17.9 Å². The van der Waals surface area contributed by atoms with Gasteiger partial charge in [0.2, 0.25) is 5.91 Å². The van der Waals surface area contributed by atoms with Crippen LogP contribution in [0, 0.1) is 5.92 Å². The second kappa shape index (κ2) is 6.83. The van der Waals surface area contributed by atoms with Crippen LogP contribution in [0.25, 0.3) is 0 Å². The lowest BCUT2D eigenvalue weighted by atomic mass is 10.2. The highest BCUT2D eigenvalue weighted by Crippen LogP contribution is 1.99. The summed E-state index contributed by atoms with van der Waals surface area (Å²) in [6.45, 7) is 3.18. The summed E-state index contributed by atoms with van der Waals surface area (Å²) in [5, 5.41) is 11.2. The van der Waals surface area contributed by atoms with Gasteiger partial charge in [-0.3, -0.25) is 9.59 Å². The summed E-state index contributed by atoms with van der Waals surface area (Å²) in [7, 11) is 4.68. The van der Waals surface area contributed by atoms with E-state index in [2.05, 4.69) is 5.32 Å². The quantitative estimate of drug-likeness (QED) is 0.717. The fourth-order valence-electron chi connectivity index (χ4n) is 1.32. The van der Waals surface area contributed by atoms with E-state index in [4.69, 9.17) is 5.11 Å². The lowest BCUT2D eigenvalue weighted by Crippen LogP contribution is -2.49. The van der Waals surface area contributed by atoms with Crippen molar-refractivity contribution in [3.8, 4) is 0 Å². The van der Waals surface area contributed by atoms with Crippen molar-refractivity contribution in [3.05, 3.63) is 0 Å². The van der Waals surface area contributed by atoms with Gasteiger partial charge in [-0.15, -0.1) is 0 Å². The molecule has 0 rings (SSSR count). The van der Waals surface area contributed by atoms with Crippen LogP contribution < -0.4 is 5.32 Å². The van der Waals surface area contributed by atoms with Crippen molar-refractivity contribution in [2.75, 3.05) is 27.7 Å². The number of hydrogen-bond donors (Lipinski definition) is 2. The summed E-state index contributed by atoms with van der Waals surface area (Å²) in [6.07, 6.45) is 0. The van der Waals surface area contributed by atoms with Crippen LogP contribution in [0.1, 0.15) is 13.8 Å². The molecule has 18 heavy (non-hydrogen) atoms. The molecule has 7 nitrogen and oxygen atoms in total. The zero-order valence-electron chi connectivity index (χ0n) is 11.4. The first-order chi connectivity index (χ1) is 8.16. The molecule has 0 fully saturated rings. The number of hydrogen-bond acceptors (Lipinski definition) is 3. The molecule has 0 aromatic carbocycles. The summed E-state index contributed by atoms with van der Waals surface area (Å²) < 4.78 is 0. The highest BCUT2D eigenvalue weighted by atomic mass is 16.4. The van der Waals surface area contributed by atoms with Crippen LogP contribution in [0.4, 0.5) is 4.79 Å². The second-order valence-electron chi connectivity index (χ2n) is 4.52. The van der Waals surface area contributed by atoms with Gasteiger partial charge >= 0.3 is 12.0 Å². The van der Waals surface area contributed by atoms with E-state index in [0.29, 0.717) is 0 Å². The van der Waals surface area contributed by atoms with Crippen LogP contribution in [-0.4, -0.2) is 66.5 Å². The molecular weight excluding hydrogens is 238 g/mol. The largest absolute Gasteiger partial charge is 0.481 e. The van der Waals surface area contributed by atoms with Gasteiger partial charge in [0.15, 0.2) is 0 Å². The third kappa shape index (κ3) is 5.03. The van der Waals surface area contributed by atoms with Gasteiger partial charge in [0.1, 0.15) is 6.04 Å². The molecule has 0 radical (unpaired) electrons. The average Bonchev–Trinajstić information content (AvgIpc) is 2.26. The molecule has 0 saturated heterocycles. The van der Waals surface area contributed by atoms with E-state index in [1.807, 2.05) is 0 Å². The van der Waals surface area contributed by atoms with E-state index in [1.165, 1.54) is 23.8 Å². The SMILES string of the molecule is CC(CN(C)C(=O)NC(C)C(=O)N(C)C)C(=O)O. The maximum atomic E-state index is 11.7. The van der Waals surface area contributed by atoms with Gasteiger partial charge in [-0.25, -0.2) is 4.79 Å². The maximum Gasteiger partial charge on any atom is 0.317 e. The van der Waals surface area contributed by atoms with Gasteiger partial charge in [0, 0.05) is 27.7 Å². The van der Waals surface area contributed by atoms with Crippen LogP contribution in [0.2, 0.25) is 0 Å². The minimum Gasteiger partial charge on any atom is -0.481 e. The number of urea groups is 1. The molecule has 0 saturated carbocycles. The summed E-state index contributed by atoms with van der Waals surface area (Å²) in [5.41, 5.74) is 0. The third-order valence-corrected chi connectivity index (χ3v) is 2.47. The highest BCUT2D eigenvalue weighted by Gasteiger charge is 2.21. The molecule has 0 aliphatic heterocycles. The number of aliphatic carboxylic acids is 1. The Morgan fingerprint density at radius 1 is 1.17 bits per heavy atom. The molecule has 2 atom stereocenters. The number of nitrogens with zero attached hydrogens (tertiary/aromatic N) is 2. The van der Waals surface area contributed by atoms with Gasteiger partial charge in [0.25, 0.3) is 0 Å². The summed E-state index contributed by atoms with van der Waals surface area (Å²) in [5.74, 6) is -1.84. The zero-order chi connectivity index (χ0) is 14.5. The van der Waals surface area contributed by atoms with Crippen LogP contribution in [0.5, 0.6) is 0 Å². The Bertz CT molecular complexity index is 330. The number of carboxylic acids is 1. The number of amides is 3. The summed E-state index contributed by atoms with van der Waals surface area (Å²) in [6, 6.07) is -1.11. The number of carbonyl (C=O) groups excluding carboxylic acids is 2. The van der Waals surface area contributed by atoms with E-state index in [0.717, 1.165) is 0 Å². The molecule has 104 valence electrons. The first-order valence-electron chi connectivity index (χ1n) is 5.62. The Morgan fingerprint density at radius 3 is 2.06 bits per heavy atom. The van der Waals surface area contributed by atoms with Gasteiger partial charge in [-0.05, 0) is 6.92 Å². The van der Waals surface area contributed by atoms with Gasteiger partial charge < -0.3 is 20.2 Å². The van der Waals surface area contributed by atoms with Crippen molar-refractivity contribution in [3.63, 3.8) is 0 Å². The maximum absolute atomic E-state index is 11.7. The molecule has 2 unspecified atom stereocenters. The van der Waals surface area contributed by atoms with E-state index < -0.39 is 24.0 Å². The smallest absolute Gasteiger partial charge is 0.317 e. The molecular formula is C11H21N3O4. The van der Waals surface area contributed by atoms with Crippen molar-refractivity contribution in [1.29, 1.82) is 0 Å². The zero-order valence-corrected chi connectivity index (χ0v) is 11.4. The molecule has 0 aliphatic carbocycles. The molecule has 0 heterocycles. The lowest BCUT2D eigenvalue weighted by Gasteiger charge is -2.23. The number of nitrogens with one attached hydrogen (secondary N) is 1. The Hall–Kier alpha value is -1.79. The highest BCUT2D eigenvalue weighted by molar-refractivity contribution is 5.86. The molecule has 0 aromatic rings. The third-order valence-electron chi connectivity index (χ3n) is 2.47. The molecule has 2 N–H and O–H groups in total.